The van der Waals surface area contributed by atoms with E-state index in [9.17, 15) is 35.1 Å². The molecule has 0 aliphatic carbocycles. The smallest absolute Gasteiger partial charge is 0.339 e. The summed E-state index contributed by atoms with van der Waals surface area (Å²) in [5.74, 6) is -3.39. The Hall–Kier alpha value is -1.60. The lowest BCUT2D eigenvalue weighted by Crippen LogP contribution is -2.64. The highest BCUT2D eigenvalue weighted by atomic mass is 16.7. The van der Waals surface area contributed by atoms with Gasteiger partial charge in [0.2, 0.25) is 5.60 Å². The van der Waals surface area contributed by atoms with E-state index in [0.717, 1.165) is 13.2 Å². The van der Waals surface area contributed by atoms with Gasteiger partial charge in [-0.2, -0.15) is 0 Å². The van der Waals surface area contributed by atoms with Gasteiger partial charge in [0.25, 0.3) is 0 Å². The van der Waals surface area contributed by atoms with Gasteiger partial charge < -0.3 is 44.8 Å². The van der Waals surface area contributed by atoms with Gasteiger partial charge in [0.05, 0.1) is 6.61 Å². The van der Waals surface area contributed by atoms with E-state index < -0.39 is 67.4 Å². The Morgan fingerprint density at radius 3 is 2.24 bits per heavy atom. The number of hydrogen-bond acceptors (Lipinski definition) is 9. The number of aliphatic carboxylic acids is 2. The molecule has 1 aliphatic heterocycles. The van der Waals surface area contributed by atoms with Crippen LogP contribution in [-0.4, -0.2) is 98.7 Å². The van der Waals surface area contributed by atoms with Gasteiger partial charge in [0, 0.05) is 13.5 Å². The molecule has 11 nitrogen and oxygen atoms in total. The Morgan fingerprint density at radius 2 is 1.84 bits per heavy atom. The number of ether oxygens (including phenoxy) is 3. The Morgan fingerprint density at radius 1 is 1.24 bits per heavy atom. The third-order valence-electron chi connectivity index (χ3n) is 3.87. The molecule has 1 saturated heterocycles. The number of hydrogen-bond donors (Lipinski definition) is 6. The van der Waals surface area contributed by atoms with Gasteiger partial charge in [-0.25, -0.2) is 9.59 Å². The second-order valence-corrected chi connectivity index (χ2v) is 5.46. The fourth-order valence-electron chi connectivity index (χ4n) is 2.54. The molecule has 25 heavy (non-hydrogen) atoms. The van der Waals surface area contributed by atoms with Crippen LogP contribution in [0.2, 0.25) is 0 Å². The molecule has 0 aromatic rings. The van der Waals surface area contributed by atoms with E-state index >= 15 is 0 Å². The van der Waals surface area contributed by atoms with E-state index in [0.29, 0.717) is 0 Å². The Balaban J connectivity index is 3.25. The van der Waals surface area contributed by atoms with Crippen LogP contribution < -0.4 is 0 Å². The van der Waals surface area contributed by atoms with E-state index in [4.69, 9.17) is 19.3 Å². The molecule has 0 aromatic heterocycles. The van der Waals surface area contributed by atoms with Crippen LogP contribution >= 0.6 is 0 Å². The van der Waals surface area contributed by atoms with E-state index in [1.807, 2.05) is 0 Å². The number of rotatable bonds is 9. The van der Waals surface area contributed by atoms with Crippen molar-refractivity contribution in [3.63, 3.8) is 0 Å². The van der Waals surface area contributed by atoms with Crippen molar-refractivity contribution in [3.05, 3.63) is 12.7 Å². The average molecular weight is 366 g/mol. The molecule has 0 aromatic carbocycles. The molecule has 144 valence electrons. The summed E-state index contributed by atoms with van der Waals surface area (Å²) >= 11 is 0. The lowest BCUT2D eigenvalue weighted by atomic mass is 9.91. The van der Waals surface area contributed by atoms with Crippen LogP contribution in [-0.2, 0) is 23.8 Å². The van der Waals surface area contributed by atoms with Gasteiger partial charge in [0.15, 0.2) is 12.4 Å². The van der Waals surface area contributed by atoms with Crippen molar-refractivity contribution in [1.29, 1.82) is 0 Å². The van der Waals surface area contributed by atoms with E-state index in [1.165, 1.54) is 0 Å². The molecular weight excluding hydrogens is 344 g/mol. The molecule has 1 aliphatic rings. The summed E-state index contributed by atoms with van der Waals surface area (Å²) in [6.45, 7) is 2.58. The molecule has 1 heterocycles. The van der Waals surface area contributed by atoms with Gasteiger partial charge in [-0.1, -0.05) is 6.08 Å². The Bertz CT molecular complexity index is 493. The van der Waals surface area contributed by atoms with Crippen LogP contribution in [0, 0.1) is 0 Å². The lowest BCUT2D eigenvalue weighted by molar-refractivity contribution is -0.332. The molecule has 0 amide bonds. The van der Waals surface area contributed by atoms with Crippen molar-refractivity contribution in [2.45, 2.75) is 48.8 Å². The molecule has 0 radical (unpaired) electrons. The first kappa shape index (κ1) is 21.4. The number of carboxylic acids is 2. The normalized spacial score (nSPS) is 33.2. The molecule has 0 bridgehead atoms. The van der Waals surface area contributed by atoms with Crippen LogP contribution in [0.25, 0.3) is 0 Å². The molecule has 3 unspecified atom stereocenters. The molecular formula is C14H22O11. The molecule has 1 fully saturated rings. The van der Waals surface area contributed by atoms with E-state index in [-0.39, 0.29) is 0 Å². The maximum Gasteiger partial charge on any atom is 0.339 e. The maximum atomic E-state index is 11.8. The van der Waals surface area contributed by atoms with Crippen LogP contribution in [0.5, 0.6) is 0 Å². The van der Waals surface area contributed by atoms with Crippen molar-refractivity contribution >= 4 is 11.9 Å². The fourth-order valence-corrected chi connectivity index (χ4v) is 2.54. The van der Waals surface area contributed by atoms with Gasteiger partial charge in [-0.05, 0) is 0 Å². The summed E-state index contributed by atoms with van der Waals surface area (Å²) < 4.78 is 15.0. The van der Waals surface area contributed by atoms with Crippen LogP contribution in [0.4, 0.5) is 0 Å². The number of aliphatic hydroxyl groups is 4. The maximum absolute atomic E-state index is 11.8. The Labute approximate surface area is 142 Å². The van der Waals surface area contributed by atoms with Gasteiger partial charge in [-0.15, -0.1) is 6.58 Å². The van der Waals surface area contributed by atoms with Crippen molar-refractivity contribution in [2.75, 3.05) is 13.7 Å². The summed E-state index contributed by atoms with van der Waals surface area (Å²) in [6.07, 6.45) is -10.1. The van der Waals surface area contributed by atoms with Crippen molar-refractivity contribution in [1.82, 2.24) is 0 Å². The summed E-state index contributed by atoms with van der Waals surface area (Å²) in [5, 5.41) is 57.4. The minimum atomic E-state index is -2.55. The predicted octanol–water partition coefficient (Wildman–Crippen LogP) is -2.70. The van der Waals surface area contributed by atoms with Crippen molar-refractivity contribution < 1.29 is 54.4 Å². The lowest BCUT2D eigenvalue weighted by Gasteiger charge is -2.43. The molecule has 0 saturated carbocycles. The highest BCUT2D eigenvalue weighted by molar-refractivity contribution is 5.87. The van der Waals surface area contributed by atoms with Crippen molar-refractivity contribution in [2.24, 2.45) is 0 Å². The molecule has 7 atom stereocenters. The summed E-state index contributed by atoms with van der Waals surface area (Å²) in [4.78, 5) is 23.2. The minimum absolute atomic E-state index is 0.540. The minimum Gasteiger partial charge on any atom is -0.479 e. The SMILES string of the molecule is C=CCC(OC1O[C@H](CO)[C@@H](O)[C@H](O)[C@H]1O)(C(=O)O)C(OC)C(=O)O. The first-order valence-electron chi connectivity index (χ1n) is 7.24. The van der Waals surface area contributed by atoms with Crippen LogP contribution in [0.3, 0.4) is 0 Å². The first-order valence-corrected chi connectivity index (χ1v) is 7.24. The highest BCUT2D eigenvalue weighted by Crippen LogP contribution is 2.31. The number of carbonyl (C=O) groups is 2. The number of carboxylic acid groups (broad SMARTS) is 2. The van der Waals surface area contributed by atoms with E-state index in [1.54, 1.807) is 0 Å². The summed E-state index contributed by atoms with van der Waals surface area (Å²) in [6, 6.07) is 0. The quantitative estimate of drug-likeness (QED) is 0.233. The molecule has 0 spiro atoms. The number of aliphatic hydroxyl groups excluding tert-OH is 4. The van der Waals surface area contributed by atoms with E-state index in [2.05, 4.69) is 6.58 Å². The van der Waals surface area contributed by atoms with Gasteiger partial charge >= 0.3 is 11.9 Å². The van der Waals surface area contributed by atoms with Gasteiger partial charge in [0.1, 0.15) is 24.4 Å². The first-order chi connectivity index (χ1) is 11.7. The monoisotopic (exact) mass is 366 g/mol. The predicted molar refractivity (Wildman–Crippen MR) is 78.5 cm³/mol. The zero-order valence-electron chi connectivity index (χ0n) is 13.4. The van der Waals surface area contributed by atoms with Crippen molar-refractivity contribution in [3.8, 4) is 0 Å². The number of methoxy groups -OCH3 is 1. The molecule has 1 rings (SSSR count). The zero-order chi connectivity index (χ0) is 19.4. The third kappa shape index (κ3) is 4.15. The van der Waals surface area contributed by atoms with Gasteiger partial charge in [-0.3, -0.25) is 0 Å². The fraction of sp³-hybridized carbons (Fsp3) is 0.714. The zero-order valence-corrected chi connectivity index (χ0v) is 13.4. The average Bonchev–Trinajstić information content (AvgIpc) is 2.55. The molecule has 6 N–H and O–H groups in total. The second-order valence-electron chi connectivity index (χ2n) is 5.46. The Kier molecular flexibility index (Phi) is 7.44. The standard InChI is InChI=1S/C14H22O11/c1-3-4-14(13(21)22,10(23-2)11(19)20)25-12-9(18)8(17)7(16)6(5-15)24-12/h3,6-10,12,15-18H,1,4-5H2,2H3,(H,19,20)(H,21,22)/t6-,7-,8+,9-,10?,12?,14?/m1/s1. The third-order valence-corrected chi connectivity index (χ3v) is 3.87. The largest absolute Gasteiger partial charge is 0.479 e. The summed E-state index contributed by atoms with van der Waals surface area (Å²) in [7, 11) is 0.955. The second kappa shape index (κ2) is 8.67. The highest BCUT2D eigenvalue weighted by Gasteiger charge is 2.56. The molecule has 11 heteroatoms. The summed E-state index contributed by atoms with van der Waals surface area (Å²) in [5.41, 5.74) is -2.55. The van der Waals surface area contributed by atoms with Crippen LogP contribution in [0.1, 0.15) is 6.42 Å². The topological polar surface area (TPSA) is 183 Å². The van der Waals surface area contributed by atoms with Crippen LogP contribution in [0.15, 0.2) is 12.7 Å².